The first-order valence-corrected chi connectivity index (χ1v) is 38.7. The fourth-order valence-corrected chi connectivity index (χ4v) is 13.5. The number of hydrogen-bond donors (Lipinski definition) is 9. The number of carbonyl (C=O) groups excluding carboxylic acids is 9. The number of ketones is 9. The normalized spacial score (nSPS) is 14.4. The molecular formula is C96H72N18O9. The molecule has 24 bridgehead atoms. The van der Waals surface area contributed by atoms with Crippen LogP contribution in [0.3, 0.4) is 0 Å². The minimum absolute atomic E-state index is 0.270. The van der Waals surface area contributed by atoms with E-state index >= 15 is 0 Å². The van der Waals surface area contributed by atoms with E-state index in [1.54, 1.807) is 146 Å². The van der Waals surface area contributed by atoms with Crippen molar-refractivity contribution >= 4 is 86.2 Å². The van der Waals surface area contributed by atoms with E-state index in [1.165, 1.54) is 76.9 Å². The van der Waals surface area contributed by atoms with Gasteiger partial charge in [-0.15, -0.1) is 0 Å². The molecule has 12 aromatic rings. The molecule has 9 N–H and O–H groups in total. The summed E-state index contributed by atoms with van der Waals surface area (Å²) in [4.78, 5) is 172. The second kappa shape index (κ2) is 34.6. The fraction of sp³-hybridized carbons (Fsp3) is 0.0625. The van der Waals surface area contributed by atoms with Crippen molar-refractivity contribution in [3.63, 3.8) is 0 Å². The molecule has 10 aliphatic heterocycles. The second-order valence-electron chi connectivity index (χ2n) is 28.7. The maximum Gasteiger partial charge on any atom is 0.203 e. The molecule has 0 saturated heterocycles. The van der Waals surface area contributed by atoms with E-state index in [-0.39, 0.29) is 50.2 Å². The molecule has 13 heterocycles. The number of carbonyl (C=O) groups is 9. The minimum atomic E-state index is -0.829. The van der Waals surface area contributed by atoms with Gasteiger partial charge >= 0.3 is 0 Å². The molecule has 0 atom stereocenters. The van der Waals surface area contributed by atoms with Crippen molar-refractivity contribution in [1.82, 2.24) is 60.8 Å². The van der Waals surface area contributed by atoms with Crippen molar-refractivity contribution < 1.29 is 43.2 Å². The SMILES string of the molecule is CNC=C1C(=O)C2=CNc3ccc(cc3)-c3nc(-c4ccc(C)cc4)nc(n3)-c3ccc(cc3)NC=C3C(=O)C(=CNC)C(=O)C(=CNc4ccc(cc4)-c4nc(-c5ccc(C)cc5)nc(n4)-c4ccc(cc4)NC=C4C(=O)C(=CNC)C(=O)C(=CNc5ccc(cc5)-c5nc(-c6ccc(C)cc6)nc(n5)-c5ccc(cc5)NC=C(C1=O)C2=O)C4=O)C3=O. The first kappa shape index (κ1) is 79.7. The molecule has 3 saturated carbocycles. The Bertz CT molecular complexity index is 5740. The molecule has 3 fully saturated rings. The number of anilines is 6. The molecule has 3 aromatic heterocycles. The molecule has 27 heteroatoms. The molecular weight excluding hydrogens is 1550 g/mol. The molecule has 123 heavy (non-hydrogen) atoms. The Kier molecular flexibility index (Phi) is 22.4. The van der Waals surface area contributed by atoms with Crippen LogP contribution in [0, 0.1) is 20.8 Å². The lowest BCUT2D eigenvalue weighted by molar-refractivity contribution is -0.126. The molecule has 0 unspecified atom stereocenters. The van der Waals surface area contributed by atoms with Gasteiger partial charge in [-0.2, -0.15) is 0 Å². The standard InChI is InChI=1S/C96H72N18O9/c1-52-7-13-55(14-8-52)88-106-91-58-19-31-64(32-20-58)100-46-73-79(115)70(43-97-4)81(117)75(85(73)121)48-102-66-35-23-60(24-36-66)93-108-89(56-15-9-53(2)10-16-56)110-95(113-93)62-27-39-68(40-28-62)104-50-77-83(119)72(45-99-6)84(120)78(87(77)123)51-105-69-41-29-63(30-42-69)96-111-90(57-17-11-54(3)12-18-57)109-94(114-96)61-25-37-67(38-26-61)103-49-76-82(118)71(44-98-5)80(116)74(86(76)122)47-101-65-33-21-59(22-34-65)92(107-88)112-91/h7-51,97-105H,1-6H3. The van der Waals surface area contributed by atoms with Gasteiger partial charge in [0.1, 0.15) is 0 Å². The Morgan fingerprint density at radius 3 is 0.455 bits per heavy atom. The smallest absolute Gasteiger partial charge is 0.203 e. The molecule has 13 aliphatic rings. The van der Waals surface area contributed by atoms with E-state index in [0.29, 0.717) is 137 Å². The fourth-order valence-electron chi connectivity index (χ4n) is 13.5. The Balaban J connectivity index is 0.743. The average molecular weight is 1620 g/mol. The topological polar surface area (TPSA) is 378 Å². The largest absolute Gasteiger partial charge is 0.393 e. The molecule has 25 rings (SSSR count). The summed E-state index contributed by atoms with van der Waals surface area (Å²) in [5.41, 5.74) is 8.87. The van der Waals surface area contributed by atoms with Crippen molar-refractivity contribution in [1.29, 1.82) is 0 Å². The summed E-state index contributed by atoms with van der Waals surface area (Å²) >= 11 is 0. The lowest BCUT2D eigenvalue weighted by Gasteiger charge is -2.18. The minimum Gasteiger partial charge on any atom is -0.393 e. The van der Waals surface area contributed by atoms with Crippen molar-refractivity contribution in [2.24, 2.45) is 0 Å². The van der Waals surface area contributed by atoms with Crippen LogP contribution in [0.2, 0.25) is 0 Å². The van der Waals surface area contributed by atoms with Gasteiger partial charge in [0.15, 0.2) is 52.4 Å². The van der Waals surface area contributed by atoms with Gasteiger partial charge in [0, 0.05) is 161 Å². The number of benzene rings is 9. The quantitative estimate of drug-likeness (QED) is 0.0551. The van der Waals surface area contributed by atoms with Crippen LogP contribution in [0.1, 0.15) is 16.7 Å². The van der Waals surface area contributed by atoms with Crippen LogP contribution >= 0.6 is 0 Å². The third-order valence-electron chi connectivity index (χ3n) is 20.3. The van der Waals surface area contributed by atoms with Gasteiger partial charge in [0.2, 0.25) is 52.0 Å². The summed E-state index contributed by atoms with van der Waals surface area (Å²) < 4.78 is 0. The van der Waals surface area contributed by atoms with Gasteiger partial charge < -0.3 is 47.9 Å². The van der Waals surface area contributed by atoms with Gasteiger partial charge in [-0.25, -0.2) is 44.9 Å². The molecule has 27 nitrogen and oxygen atoms in total. The number of aryl methyl sites for hydroxylation is 3. The second-order valence-corrected chi connectivity index (χ2v) is 28.7. The van der Waals surface area contributed by atoms with Gasteiger partial charge in [-0.3, -0.25) is 43.2 Å². The third-order valence-corrected chi connectivity index (χ3v) is 20.3. The van der Waals surface area contributed by atoms with E-state index in [0.717, 1.165) is 16.7 Å². The number of hydrogen-bond acceptors (Lipinski definition) is 27. The number of rotatable bonds is 6. The highest BCUT2D eigenvalue weighted by Crippen LogP contribution is 2.35. The highest BCUT2D eigenvalue weighted by molar-refractivity contribution is 6.53. The van der Waals surface area contributed by atoms with E-state index in [9.17, 15) is 43.2 Å². The van der Waals surface area contributed by atoms with Crippen LogP contribution in [0.15, 0.2) is 324 Å². The highest BCUT2D eigenvalue weighted by Gasteiger charge is 2.41. The molecule has 9 aromatic carbocycles. The Hall–Kier alpha value is -17.1. The van der Waals surface area contributed by atoms with Crippen molar-refractivity contribution in [3.8, 4) is 102 Å². The van der Waals surface area contributed by atoms with Gasteiger partial charge in [-0.05, 0) is 166 Å². The third kappa shape index (κ3) is 17.0. The summed E-state index contributed by atoms with van der Waals surface area (Å²) in [7, 11) is 4.60. The molecule has 600 valence electrons. The molecule has 3 aliphatic carbocycles. The number of nitrogens with one attached hydrogen (secondary N) is 9. The van der Waals surface area contributed by atoms with Gasteiger partial charge in [-0.1, -0.05) is 89.5 Å². The predicted molar refractivity (Wildman–Crippen MR) is 469 cm³/mol. The van der Waals surface area contributed by atoms with E-state index in [2.05, 4.69) is 47.9 Å². The maximum absolute atomic E-state index is 14.4. The summed E-state index contributed by atoms with van der Waals surface area (Å²) in [6.07, 6.45) is 11.3. The zero-order valence-corrected chi connectivity index (χ0v) is 66.7. The molecule has 0 amide bonds. The van der Waals surface area contributed by atoms with Crippen molar-refractivity contribution in [3.05, 3.63) is 341 Å². The molecule has 0 spiro atoms. The summed E-state index contributed by atoms with van der Waals surface area (Å²) in [5, 5.41) is 26.7. The lowest BCUT2D eigenvalue weighted by atomic mass is 9.84. The zero-order valence-electron chi connectivity index (χ0n) is 66.7. The van der Waals surface area contributed by atoms with E-state index in [4.69, 9.17) is 44.9 Å². The van der Waals surface area contributed by atoms with Crippen LogP contribution in [-0.4, -0.2) is 118 Å². The van der Waals surface area contributed by atoms with Crippen LogP contribution in [0.5, 0.6) is 0 Å². The maximum atomic E-state index is 14.4. The first-order chi connectivity index (χ1) is 59.7. The van der Waals surface area contributed by atoms with Gasteiger partial charge in [0.05, 0.1) is 50.2 Å². The number of aromatic nitrogens is 9. The van der Waals surface area contributed by atoms with E-state index < -0.39 is 52.0 Å². The highest BCUT2D eigenvalue weighted by atomic mass is 16.2. The van der Waals surface area contributed by atoms with Gasteiger partial charge in [0.25, 0.3) is 0 Å². The summed E-state index contributed by atoms with van der Waals surface area (Å²) in [5.74, 6) is -4.29. The summed E-state index contributed by atoms with van der Waals surface area (Å²) in [6, 6.07) is 64.8. The lowest BCUT2D eigenvalue weighted by Crippen LogP contribution is -2.33. The predicted octanol–water partition coefficient (Wildman–Crippen LogP) is 13.8. The van der Waals surface area contributed by atoms with Crippen molar-refractivity contribution in [2.45, 2.75) is 20.8 Å². The Morgan fingerprint density at radius 1 is 0.195 bits per heavy atom. The van der Waals surface area contributed by atoms with Crippen LogP contribution in [0.4, 0.5) is 34.1 Å². The number of allylic oxidation sites excluding steroid dienone is 9. The Labute approximate surface area is 703 Å². The Morgan fingerprint density at radius 2 is 0.325 bits per heavy atom. The average Bonchev–Trinajstić information content (AvgIpc) is 0.988. The van der Waals surface area contributed by atoms with E-state index in [1.807, 2.05) is 93.6 Å². The number of nitrogens with zero attached hydrogens (tertiary/aromatic N) is 9. The van der Waals surface area contributed by atoms with Crippen LogP contribution < -0.4 is 47.9 Å². The summed E-state index contributed by atoms with van der Waals surface area (Å²) in [6.45, 7) is 5.91. The first-order valence-electron chi connectivity index (χ1n) is 38.7. The van der Waals surface area contributed by atoms with Crippen LogP contribution in [-0.2, 0) is 43.2 Å². The van der Waals surface area contributed by atoms with Crippen molar-refractivity contribution in [2.75, 3.05) is 53.0 Å². The molecule has 0 radical (unpaired) electrons. The monoisotopic (exact) mass is 1620 g/mol. The number of Topliss-reactive ketones (excluding diaryl/α,β-unsaturated/α-hetero) is 9. The zero-order chi connectivity index (χ0) is 85.5. The van der Waals surface area contributed by atoms with Crippen LogP contribution in [0.25, 0.3) is 102 Å².